The highest BCUT2D eigenvalue weighted by molar-refractivity contribution is 5.56. The molecule has 0 aromatic heterocycles. The summed E-state index contributed by atoms with van der Waals surface area (Å²) in [4.78, 5) is 0. The summed E-state index contributed by atoms with van der Waals surface area (Å²) in [6.45, 7) is 3.69. The van der Waals surface area contributed by atoms with E-state index in [0.29, 0.717) is 5.69 Å². The zero-order valence-corrected chi connectivity index (χ0v) is 6.55. The summed E-state index contributed by atoms with van der Waals surface area (Å²) in [7, 11) is 0. The van der Waals surface area contributed by atoms with Crippen LogP contribution in [0.2, 0.25) is 0 Å². The summed E-state index contributed by atoms with van der Waals surface area (Å²) < 4.78 is 0. The molecule has 1 rings (SSSR count). The maximum absolute atomic E-state index is 9.31. The van der Waals surface area contributed by atoms with Crippen molar-refractivity contribution in [2.24, 2.45) is 5.11 Å². The van der Waals surface area contributed by atoms with Gasteiger partial charge in [-0.3, -0.25) is 0 Å². The molecule has 0 amide bonds. The average molecular weight is 150 g/mol. The number of rotatable bonds is 1. The molecule has 0 bridgehead atoms. The van der Waals surface area contributed by atoms with Crippen LogP contribution < -0.4 is 0 Å². The predicted molar refractivity (Wildman–Crippen MR) is 42.4 cm³/mol. The highest BCUT2D eigenvalue weighted by Gasteiger charge is 2.02. The normalized spacial score (nSPS) is 9.64. The minimum absolute atomic E-state index is 0.102. The van der Waals surface area contributed by atoms with Crippen LogP contribution in [0.25, 0.3) is 0 Å². The van der Waals surface area contributed by atoms with E-state index in [0.717, 1.165) is 11.1 Å². The van der Waals surface area contributed by atoms with Gasteiger partial charge in [0.25, 0.3) is 0 Å². The molecule has 2 N–H and O–H groups in total. The monoisotopic (exact) mass is 150 g/mol. The van der Waals surface area contributed by atoms with Crippen LogP contribution >= 0.6 is 0 Å². The van der Waals surface area contributed by atoms with Crippen molar-refractivity contribution in [3.05, 3.63) is 23.3 Å². The SMILES string of the molecule is Cc1cc(C)c(O)c(N=N)c1. The van der Waals surface area contributed by atoms with Crippen LogP contribution in [0.4, 0.5) is 5.69 Å². The van der Waals surface area contributed by atoms with Crippen molar-refractivity contribution in [2.75, 3.05) is 0 Å². The summed E-state index contributed by atoms with van der Waals surface area (Å²) in [5.41, 5.74) is 8.84. The fraction of sp³-hybridized carbons (Fsp3) is 0.250. The Hall–Kier alpha value is -1.38. The maximum atomic E-state index is 9.31. The highest BCUT2D eigenvalue weighted by Crippen LogP contribution is 2.30. The average Bonchev–Trinajstić information content (AvgIpc) is 1.96. The molecule has 11 heavy (non-hydrogen) atoms. The Kier molecular flexibility index (Phi) is 1.89. The lowest BCUT2D eigenvalue weighted by molar-refractivity contribution is 0.472. The summed E-state index contributed by atoms with van der Waals surface area (Å²) in [5.74, 6) is 0.102. The minimum atomic E-state index is 0.102. The van der Waals surface area contributed by atoms with Crippen molar-refractivity contribution in [1.82, 2.24) is 0 Å². The Morgan fingerprint density at radius 3 is 2.55 bits per heavy atom. The second-order valence-electron chi connectivity index (χ2n) is 2.56. The largest absolute Gasteiger partial charge is 0.505 e. The third-order valence-corrected chi connectivity index (χ3v) is 1.55. The lowest BCUT2D eigenvalue weighted by atomic mass is 10.1. The molecule has 1 aromatic rings. The molecule has 0 unspecified atom stereocenters. The Balaban J connectivity index is 3.35. The first-order valence-corrected chi connectivity index (χ1v) is 3.33. The van der Waals surface area contributed by atoms with Gasteiger partial charge < -0.3 is 5.11 Å². The zero-order valence-electron chi connectivity index (χ0n) is 6.55. The second-order valence-corrected chi connectivity index (χ2v) is 2.56. The van der Waals surface area contributed by atoms with Crippen molar-refractivity contribution < 1.29 is 5.11 Å². The molecule has 3 heteroatoms. The van der Waals surface area contributed by atoms with Crippen LogP contribution in [-0.2, 0) is 0 Å². The number of nitrogens with zero attached hydrogens (tertiary/aromatic N) is 1. The number of benzene rings is 1. The number of aromatic hydroxyl groups is 1. The van der Waals surface area contributed by atoms with Gasteiger partial charge in [-0.05, 0) is 31.0 Å². The fourth-order valence-electron chi connectivity index (χ4n) is 1.02. The van der Waals surface area contributed by atoms with E-state index in [1.165, 1.54) is 0 Å². The highest BCUT2D eigenvalue weighted by atomic mass is 16.3. The second kappa shape index (κ2) is 2.70. The number of phenolic OH excluding ortho intramolecular Hbond substituents is 1. The maximum Gasteiger partial charge on any atom is 0.145 e. The summed E-state index contributed by atoms with van der Waals surface area (Å²) >= 11 is 0. The van der Waals surface area contributed by atoms with Crippen molar-refractivity contribution in [3.63, 3.8) is 0 Å². The molecule has 58 valence electrons. The fourth-order valence-corrected chi connectivity index (χ4v) is 1.02. The summed E-state index contributed by atoms with van der Waals surface area (Å²) in [6, 6.07) is 3.53. The van der Waals surface area contributed by atoms with Gasteiger partial charge >= 0.3 is 0 Å². The van der Waals surface area contributed by atoms with E-state index in [4.69, 9.17) is 5.53 Å². The van der Waals surface area contributed by atoms with E-state index < -0.39 is 0 Å². The van der Waals surface area contributed by atoms with Gasteiger partial charge in [0.2, 0.25) is 0 Å². The number of hydrogen-bond donors (Lipinski definition) is 2. The van der Waals surface area contributed by atoms with Crippen molar-refractivity contribution in [3.8, 4) is 5.75 Å². The number of phenols is 1. The smallest absolute Gasteiger partial charge is 0.145 e. The van der Waals surface area contributed by atoms with Gasteiger partial charge in [-0.15, -0.1) is 0 Å². The van der Waals surface area contributed by atoms with Gasteiger partial charge in [0.15, 0.2) is 0 Å². The van der Waals surface area contributed by atoms with Gasteiger partial charge in [0.1, 0.15) is 11.4 Å². The molecule has 0 aliphatic heterocycles. The molecule has 0 aliphatic carbocycles. The number of aryl methyl sites for hydroxylation is 2. The number of nitrogens with one attached hydrogen (secondary N) is 1. The third kappa shape index (κ3) is 1.37. The van der Waals surface area contributed by atoms with Crippen LogP contribution in [0.15, 0.2) is 17.2 Å². The zero-order chi connectivity index (χ0) is 8.43. The van der Waals surface area contributed by atoms with Crippen LogP contribution in [0.1, 0.15) is 11.1 Å². The molecule has 0 saturated carbocycles. The van der Waals surface area contributed by atoms with Gasteiger partial charge in [-0.2, -0.15) is 5.11 Å². The van der Waals surface area contributed by atoms with Crippen LogP contribution in [0.5, 0.6) is 5.75 Å². The molecular formula is C8H10N2O. The molecule has 0 radical (unpaired) electrons. The summed E-state index contributed by atoms with van der Waals surface area (Å²) in [6.07, 6.45) is 0. The first-order chi connectivity index (χ1) is 5.15. The van der Waals surface area contributed by atoms with E-state index >= 15 is 0 Å². The van der Waals surface area contributed by atoms with Gasteiger partial charge in [0, 0.05) is 0 Å². The van der Waals surface area contributed by atoms with Crippen molar-refractivity contribution >= 4 is 5.69 Å². The molecule has 3 nitrogen and oxygen atoms in total. The molecular weight excluding hydrogens is 140 g/mol. The topological polar surface area (TPSA) is 56.4 Å². The molecule has 0 aliphatic rings. The quantitative estimate of drug-likeness (QED) is 0.594. The van der Waals surface area contributed by atoms with E-state index in [1.807, 2.05) is 13.0 Å². The van der Waals surface area contributed by atoms with Crippen LogP contribution in [0, 0.1) is 19.4 Å². The van der Waals surface area contributed by atoms with Crippen LogP contribution in [0.3, 0.4) is 0 Å². The third-order valence-electron chi connectivity index (χ3n) is 1.55. The van der Waals surface area contributed by atoms with Gasteiger partial charge in [0.05, 0.1) is 0 Å². The van der Waals surface area contributed by atoms with Gasteiger partial charge in [-0.1, -0.05) is 6.07 Å². The van der Waals surface area contributed by atoms with E-state index in [1.54, 1.807) is 13.0 Å². The van der Waals surface area contributed by atoms with Crippen molar-refractivity contribution in [1.29, 1.82) is 5.53 Å². The summed E-state index contributed by atoms with van der Waals surface area (Å²) in [5, 5.41) is 12.5. The first kappa shape index (κ1) is 7.72. The Labute approximate surface area is 65.2 Å². The van der Waals surface area contributed by atoms with Crippen molar-refractivity contribution in [2.45, 2.75) is 13.8 Å². The first-order valence-electron chi connectivity index (χ1n) is 3.33. The molecule has 0 fully saturated rings. The Morgan fingerprint density at radius 1 is 1.36 bits per heavy atom. The van der Waals surface area contributed by atoms with E-state index in [-0.39, 0.29) is 5.75 Å². The van der Waals surface area contributed by atoms with Crippen LogP contribution in [-0.4, -0.2) is 5.11 Å². The van der Waals surface area contributed by atoms with E-state index in [9.17, 15) is 5.11 Å². The minimum Gasteiger partial charge on any atom is -0.505 e. The van der Waals surface area contributed by atoms with Gasteiger partial charge in [-0.25, -0.2) is 5.53 Å². The molecule has 0 heterocycles. The molecule has 0 saturated heterocycles. The Bertz CT molecular complexity index is 294. The number of hydrogen-bond acceptors (Lipinski definition) is 3. The predicted octanol–water partition coefficient (Wildman–Crippen LogP) is 2.67. The Morgan fingerprint density at radius 2 is 2.00 bits per heavy atom. The molecule has 1 aromatic carbocycles. The lowest BCUT2D eigenvalue weighted by Gasteiger charge is -2.02. The lowest BCUT2D eigenvalue weighted by Crippen LogP contribution is -1.78. The molecule has 0 atom stereocenters. The van der Waals surface area contributed by atoms with E-state index in [2.05, 4.69) is 5.11 Å². The standard InChI is InChI=1S/C8H10N2O/c1-5-3-6(2)8(11)7(4-5)10-9/h3-4,9,11H,1-2H3. The molecule has 0 spiro atoms.